The highest BCUT2D eigenvalue weighted by atomic mass is 16.5. The molecule has 0 bridgehead atoms. The highest BCUT2D eigenvalue weighted by Gasteiger charge is 2.29. The topological polar surface area (TPSA) is 72.5 Å². The molecule has 0 aliphatic heterocycles. The van der Waals surface area contributed by atoms with E-state index in [0.717, 1.165) is 11.1 Å². The summed E-state index contributed by atoms with van der Waals surface area (Å²) in [6, 6.07) is 5.29. The SMILES string of the molecule is COc1ccc(C(C)(C)C(=O)O)cc1CN. The second-order valence-corrected chi connectivity index (χ2v) is 4.16. The molecule has 0 aliphatic carbocycles. The van der Waals surface area contributed by atoms with Crippen LogP contribution < -0.4 is 10.5 Å². The molecule has 0 aliphatic rings. The molecular formula is C12H17NO3. The van der Waals surface area contributed by atoms with Crippen molar-refractivity contribution in [3.63, 3.8) is 0 Å². The number of carboxylic acids is 1. The summed E-state index contributed by atoms with van der Waals surface area (Å²) in [6.45, 7) is 3.65. The smallest absolute Gasteiger partial charge is 0.313 e. The van der Waals surface area contributed by atoms with Gasteiger partial charge in [-0.15, -0.1) is 0 Å². The summed E-state index contributed by atoms with van der Waals surface area (Å²) in [5.41, 5.74) is 6.20. The lowest BCUT2D eigenvalue weighted by atomic mass is 9.84. The normalized spacial score (nSPS) is 11.2. The largest absolute Gasteiger partial charge is 0.496 e. The Morgan fingerprint density at radius 2 is 2.12 bits per heavy atom. The van der Waals surface area contributed by atoms with E-state index in [-0.39, 0.29) is 0 Å². The van der Waals surface area contributed by atoms with Crippen molar-refractivity contribution in [1.29, 1.82) is 0 Å². The number of ether oxygens (including phenoxy) is 1. The van der Waals surface area contributed by atoms with Crippen LogP contribution in [0.1, 0.15) is 25.0 Å². The number of rotatable bonds is 4. The summed E-state index contributed by atoms with van der Waals surface area (Å²) in [7, 11) is 1.57. The van der Waals surface area contributed by atoms with E-state index in [1.54, 1.807) is 39.2 Å². The Hall–Kier alpha value is -1.55. The Morgan fingerprint density at radius 3 is 2.56 bits per heavy atom. The number of hydrogen-bond acceptors (Lipinski definition) is 3. The molecule has 3 N–H and O–H groups in total. The number of hydrogen-bond donors (Lipinski definition) is 2. The first-order valence-electron chi connectivity index (χ1n) is 5.04. The van der Waals surface area contributed by atoms with Gasteiger partial charge < -0.3 is 15.6 Å². The van der Waals surface area contributed by atoms with Gasteiger partial charge in [-0.25, -0.2) is 0 Å². The molecule has 0 saturated carbocycles. The number of carbonyl (C=O) groups is 1. The minimum atomic E-state index is -0.920. The lowest BCUT2D eigenvalue weighted by molar-refractivity contribution is -0.142. The molecular weight excluding hydrogens is 206 g/mol. The van der Waals surface area contributed by atoms with Gasteiger partial charge in [0.15, 0.2) is 0 Å². The predicted molar refractivity (Wildman–Crippen MR) is 61.5 cm³/mol. The van der Waals surface area contributed by atoms with Gasteiger partial charge in [-0.2, -0.15) is 0 Å². The van der Waals surface area contributed by atoms with Gasteiger partial charge in [0.05, 0.1) is 12.5 Å². The Labute approximate surface area is 95.0 Å². The molecule has 4 heteroatoms. The van der Waals surface area contributed by atoms with Crippen molar-refractivity contribution in [2.45, 2.75) is 25.8 Å². The first-order valence-corrected chi connectivity index (χ1v) is 5.04. The summed E-state index contributed by atoms with van der Waals surface area (Å²) < 4.78 is 5.14. The van der Waals surface area contributed by atoms with E-state index < -0.39 is 11.4 Å². The van der Waals surface area contributed by atoms with Crippen LogP contribution in [0.15, 0.2) is 18.2 Å². The average Bonchev–Trinajstić information content (AvgIpc) is 2.27. The molecule has 0 heterocycles. The van der Waals surface area contributed by atoms with Gasteiger partial charge in [-0.05, 0) is 31.5 Å². The van der Waals surface area contributed by atoms with E-state index in [1.165, 1.54) is 0 Å². The van der Waals surface area contributed by atoms with Crippen molar-refractivity contribution >= 4 is 5.97 Å². The van der Waals surface area contributed by atoms with Crippen LogP contribution in [0.25, 0.3) is 0 Å². The fraction of sp³-hybridized carbons (Fsp3) is 0.417. The highest BCUT2D eigenvalue weighted by Crippen LogP contribution is 2.28. The van der Waals surface area contributed by atoms with Gasteiger partial charge in [0.2, 0.25) is 0 Å². The molecule has 1 aromatic rings. The van der Waals surface area contributed by atoms with E-state index >= 15 is 0 Å². The number of methoxy groups -OCH3 is 1. The molecule has 88 valence electrons. The van der Waals surface area contributed by atoms with Gasteiger partial charge in [0.1, 0.15) is 5.75 Å². The van der Waals surface area contributed by atoms with Crippen molar-refractivity contribution in [2.75, 3.05) is 7.11 Å². The van der Waals surface area contributed by atoms with Crippen LogP contribution in [0.2, 0.25) is 0 Å². The molecule has 16 heavy (non-hydrogen) atoms. The average molecular weight is 223 g/mol. The molecule has 1 aromatic carbocycles. The molecule has 1 rings (SSSR count). The number of carboxylic acid groups (broad SMARTS) is 1. The number of benzene rings is 1. The molecule has 0 spiro atoms. The first kappa shape index (κ1) is 12.5. The zero-order chi connectivity index (χ0) is 12.3. The second-order valence-electron chi connectivity index (χ2n) is 4.16. The molecule has 0 atom stereocenters. The Morgan fingerprint density at radius 1 is 1.50 bits per heavy atom. The number of nitrogens with two attached hydrogens (primary N) is 1. The predicted octanol–water partition coefficient (Wildman–Crippen LogP) is 1.52. The van der Waals surface area contributed by atoms with Crippen molar-refractivity contribution < 1.29 is 14.6 Å². The van der Waals surface area contributed by atoms with Crippen molar-refractivity contribution in [3.05, 3.63) is 29.3 Å². The summed E-state index contributed by atoms with van der Waals surface area (Å²) in [5.74, 6) is -0.173. The van der Waals surface area contributed by atoms with Gasteiger partial charge in [-0.3, -0.25) is 4.79 Å². The third-order valence-corrected chi connectivity index (χ3v) is 2.76. The molecule has 0 unspecified atom stereocenters. The summed E-state index contributed by atoms with van der Waals surface area (Å²) >= 11 is 0. The van der Waals surface area contributed by atoms with Crippen LogP contribution >= 0.6 is 0 Å². The summed E-state index contributed by atoms with van der Waals surface area (Å²) in [6.07, 6.45) is 0. The van der Waals surface area contributed by atoms with Gasteiger partial charge in [0.25, 0.3) is 0 Å². The molecule has 0 aromatic heterocycles. The van der Waals surface area contributed by atoms with E-state index in [2.05, 4.69) is 0 Å². The zero-order valence-corrected chi connectivity index (χ0v) is 9.78. The number of aliphatic carboxylic acids is 1. The monoisotopic (exact) mass is 223 g/mol. The molecule has 0 radical (unpaired) electrons. The van der Waals surface area contributed by atoms with E-state index in [4.69, 9.17) is 15.6 Å². The maximum Gasteiger partial charge on any atom is 0.313 e. The van der Waals surface area contributed by atoms with E-state index in [0.29, 0.717) is 12.3 Å². The molecule has 0 saturated heterocycles. The minimum Gasteiger partial charge on any atom is -0.496 e. The highest BCUT2D eigenvalue weighted by molar-refractivity contribution is 5.80. The quantitative estimate of drug-likeness (QED) is 0.811. The molecule has 0 fully saturated rings. The van der Waals surface area contributed by atoms with Gasteiger partial charge in [-0.1, -0.05) is 6.07 Å². The summed E-state index contributed by atoms with van der Waals surface area (Å²) in [5, 5.41) is 9.12. The van der Waals surface area contributed by atoms with Crippen LogP contribution in [-0.2, 0) is 16.8 Å². The maximum absolute atomic E-state index is 11.1. The van der Waals surface area contributed by atoms with E-state index in [9.17, 15) is 4.79 Å². The Balaban J connectivity index is 3.23. The van der Waals surface area contributed by atoms with Crippen LogP contribution in [0.3, 0.4) is 0 Å². The second kappa shape index (κ2) is 4.53. The van der Waals surface area contributed by atoms with Gasteiger partial charge in [0, 0.05) is 12.1 Å². The molecule has 0 amide bonds. The molecule has 4 nitrogen and oxygen atoms in total. The van der Waals surface area contributed by atoms with Crippen LogP contribution in [0.5, 0.6) is 5.75 Å². The fourth-order valence-electron chi connectivity index (χ4n) is 1.45. The lowest BCUT2D eigenvalue weighted by Gasteiger charge is -2.21. The maximum atomic E-state index is 11.1. The Bertz CT molecular complexity index is 399. The third kappa shape index (κ3) is 2.17. The van der Waals surface area contributed by atoms with Crippen LogP contribution in [-0.4, -0.2) is 18.2 Å². The minimum absolute atomic E-state index is 0.326. The van der Waals surface area contributed by atoms with E-state index in [1.807, 2.05) is 0 Å². The summed E-state index contributed by atoms with van der Waals surface area (Å²) in [4.78, 5) is 11.1. The van der Waals surface area contributed by atoms with Crippen molar-refractivity contribution in [2.24, 2.45) is 5.73 Å². The zero-order valence-electron chi connectivity index (χ0n) is 9.78. The van der Waals surface area contributed by atoms with Crippen LogP contribution in [0, 0.1) is 0 Å². The standard InChI is InChI=1S/C12H17NO3/c1-12(2,11(14)15)9-4-5-10(16-3)8(6-9)7-13/h4-6H,7,13H2,1-3H3,(H,14,15). The first-order chi connectivity index (χ1) is 7.43. The Kier molecular flexibility index (Phi) is 3.55. The fourth-order valence-corrected chi connectivity index (χ4v) is 1.45. The van der Waals surface area contributed by atoms with Crippen molar-refractivity contribution in [1.82, 2.24) is 0 Å². The van der Waals surface area contributed by atoms with Crippen molar-refractivity contribution in [3.8, 4) is 5.75 Å². The van der Waals surface area contributed by atoms with Gasteiger partial charge >= 0.3 is 5.97 Å². The lowest BCUT2D eigenvalue weighted by Crippen LogP contribution is -2.28. The van der Waals surface area contributed by atoms with Crippen LogP contribution in [0.4, 0.5) is 0 Å². The third-order valence-electron chi connectivity index (χ3n) is 2.76.